The molecule has 2 N–H and O–H groups in total. The van der Waals surface area contributed by atoms with Crippen LogP contribution in [-0.4, -0.2) is 28.0 Å². The highest BCUT2D eigenvalue weighted by Crippen LogP contribution is 2.05. The van der Waals surface area contributed by atoms with Gasteiger partial charge in [0.1, 0.15) is 0 Å². The number of carboxylic acids is 1. The summed E-state index contributed by atoms with van der Waals surface area (Å²) in [5.74, 6) is -2.19. The molecular weight excluding hydrogens is 227 g/mol. The average molecular weight is 240 g/mol. The summed E-state index contributed by atoms with van der Waals surface area (Å²) >= 11 is 0. The van der Waals surface area contributed by atoms with Crippen LogP contribution in [0.1, 0.15) is 30.1 Å². The molecule has 0 fully saturated rings. The molecule has 5 nitrogen and oxygen atoms in total. The van der Waals surface area contributed by atoms with Crippen molar-refractivity contribution in [3.8, 4) is 0 Å². The molecule has 1 aromatic rings. The topological polar surface area (TPSA) is 79.3 Å². The Morgan fingerprint density at radius 2 is 2.29 bits per heavy atom. The van der Waals surface area contributed by atoms with Gasteiger partial charge in [-0.05, 0) is 19.4 Å². The van der Waals surface area contributed by atoms with Crippen molar-refractivity contribution in [2.75, 3.05) is 0 Å². The Bertz CT molecular complexity index is 423. The van der Waals surface area contributed by atoms with Crippen molar-refractivity contribution < 1.29 is 19.1 Å². The number of rotatable bonds is 5. The highest BCUT2D eigenvalue weighted by Gasteiger charge is 2.14. The lowest BCUT2D eigenvalue weighted by molar-refractivity contribution is -0.137. The molecule has 1 atom stereocenters. The summed E-state index contributed by atoms with van der Waals surface area (Å²) in [5, 5.41) is 11.0. The molecule has 0 aromatic carbocycles. The molecule has 0 saturated carbocycles. The molecule has 1 amide bonds. The molecule has 1 aromatic heterocycles. The second-order valence-corrected chi connectivity index (χ2v) is 3.66. The van der Waals surface area contributed by atoms with E-state index >= 15 is 0 Å². The van der Waals surface area contributed by atoms with E-state index in [-0.39, 0.29) is 18.0 Å². The molecule has 6 heteroatoms. The predicted molar refractivity (Wildman–Crippen MR) is 58.0 cm³/mol. The van der Waals surface area contributed by atoms with Crippen molar-refractivity contribution in [3.05, 3.63) is 29.8 Å². The lowest BCUT2D eigenvalue weighted by Gasteiger charge is -2.12. The highest BCUT2D eigenvalue weighted by molar-refractivity contribution is 5.94. The minimum Gasteiger partial charge on any atom is -0.481 e. The second-order valence-electron chi connectivity index (χ2n) is 3.66. The number of aliphatic carboxylic acids is 1. The third-order valence-corrected chi connectivity index (χ3v) is 2.19. The van der Waals surface area contributed by atoms with Gasteiger partial charge in [-0.1, -0.05) is 0 Å². The number of amides is 1. The van der Waals surface area contributed by atoms with Gasteiger partial charge in [-0.25, -0.2) is 4.39 Å². The number of carbonyl (C=O) groups excluding carboxylic acids is 1. The van der Waals surface area contributed by atoms with Crippen LogP contribution in [-0.2, 0) is 4.79 Å². The molecule has 0 bridgehead atoms. The first kappa shape index (κ1) is 13.1. The summed E-state index contributed by atoms with van der Waals surface area (Å²) in [4.78, 5) is 25.5. The van der Waals surface area contributed by atoms with Crippen LogP contribution >= 0.6 is 0 Å². The number of halogens is 1. The van der Waals surface area contributed by atoms with Crippen molar-refractivity contribution in [3.63, 3.8) is 0 Å². The van der Waals surface area contributed by atoms with Crippen LogP contribution in [0, 0.1) is 5.82 Å². The monoisotopic (exact) mass is 240 g/mol. The molecule has 0 aliphatic rings. The van der Waals surface area contributed by atoms with Crippen molar-refractivity contribution in [1.82, 2.24) is 10.3 Å². The van der Waals surface area contributed by atoms with Crippen LogP contribution in [0.5, 0.6) is 0 Å². The number of hydrogen-bond acceptors (Lipinski definition) is 3. The first-order valence-corrected chi connectivity index (χ1v) is 5.13. The van der Waals surface area contributed by atoms with Crippen LogP contribution in [0.15, 0.2) is 18.5 Å². The number of nitrogens with zero attached hydrogens (tertiary/aromatic N) is 1. The minimum atomic E-state index is -0.929. The molecule has 92 valence electrons. The Hall–Kier alpha value is -1.98. The largest absolute Gasteiger partial charge is 0.481 e. The zero-order chi connectivity index (χ0) is 12.8. The maximum atomic E-state index is 13.2. The quantitative estimate of drug-likeness (QED) is 0.810. The van der Waals surface area contributed by atoms with Crippen LogP contribution in [0.3, 0.4) is 0 Å². The molecular formula is C11H13FN2O3. The fourth-order valence-corrected chi connectivity index (χ4v) is 1.27. The van der Waals surface area contributed by atoms with Gasteiger partial charge in [0.15, 0.2) is 5.82 Å². The lowest BCUT2D eigenvalue weighted by Crippen LogP contribution is -2.33. The van der Waals surface area contributed by atoms with Gasteiger partial charge in [-0.3, -0.25) is 14.6 Å². The Labute approximate surface area is 97.7 Å². The maximum absolute atomic E-state index is 13.2. The maximum Gasteiger partial charge on any atom is 0.303 e. The Morgan fingerprint density at radius 1 is 1.59 bits per heavy atom. The second kappa shape index (κ2) is 5.93. The fourth-order valence-electron chi connectivity index (χ4n) is 1.27. The number of pyridine rings is 1. The number of aromatic nitrogens is 1. The Kier molecular flexibility index (Phi) is 4.56. The highest BCUT2D eigenvalue weighted by atomic mass is 19.1. The molecule has 1 heterocycles. The Balaban J connectivity index is 2.55. The lowest BCUT2D eigenvalue weighted by atomic mass is 10.1. The molecule has 0 radical (unpaired) electrons. The first-order valence-electron chi connectivity index (χ1n) is 5.13. The number of carbonyl (C=O) groups is 2. The summed E-state index contributed by atoms with van der Waals surface area (Å²) < 4.78 is 13.2. The average Bonchev–Trinajstić information content (AvgIpc) is 2.26. The number of nitrogens with one attached hydrogen (secondary N) is 1. The van der Waals surface area contributed by atoms with Crippen molar-refractivity contribution in [2.45, 2.75) is 25.8 Å². The van der Waals surface area contributed by atoms with Crippen molar-refractivity contribution in [1.29, 1.82) is 0 Å². The molecule has 1 rings (SSSR count). The van der Waals surface area contributed by atoms with Crippen LogP contribution in [0.25, 0.3) is 0 Å². The van der Waals surface area contributed by atoms with Crippen LogP contribution in [0.2, 0.25) is 0 Å². The standard InChI is InChI=1S/C11H13FN2O3/c1-7(2-3-10(15)16)14-11(17)8-4-5-13-6-9(8)12/h4-7H,2-3H2,1H3,(H,14,17)(H,15,16). The summed E-state index contributed by atoms with van der Waals surface area (Å²) in [6, 6.07) is 0.945. The van der Waals surface area contributed by atoms with E-state index in [1.165, 1.54) is 12.3 Å². The third kappa shape index (κ3) is 4.18. The smallest absolute Gasteiger partial charge is 0.303 e. The first-order chi connectivity index (χ1) is 8.00. The normalized spacial score (nSPS) is 11.9. The van der Waals surface area contributed by atoms with Gasteiger partial charge in [0.05, 0.1) is 11.8 Å². The minimum absolute atomic E-state index is 0.0414. The molecule has 0 spiro atoms. The van der Waals surface area contributed by atoms with E-state index in [0.717, 1.165) is 6.20 Å². The van der Waals surface area contributed by atoms with E-state index in [0.29, 0.717) is 6.42 Å². The summed E-state index contributed by atoms with van der Waals surface area (Å²) in [6.45, 7) is 1.67. The van der Waals surface area contributed by atoms with Crippen molar-refractivity contribution in [2.24, 2.45) is 0 Å². The predicted octanol–water partition coefficient (Wildman–Crippen LogP) is 1.20. The molecule has 0 aliphatic heterocycles. The third-order valence-electron chi connectivity index (χ3n) is 2.19. The summed E-state index contributed by atoms with van der Waals surface area (Å²) in [5.41, 5.74) is -0.0952. The van der Waals surface area contributed by atoms with Gasteiger partial charge < -0.3 is 10.4 Å². The van der Waals surface area contributed by atoms with Gasteiger partial charge in [0.25, 0.3) is 5.91 Å². The zero-order valence-electron chi connectivity index (χ0n) is 9.31. The van der Waals surface area contributed by atoms with Gasteiger partial charge in [0.2, 0.25) is 0 Å². The van der Waals surface area contributed by atoms with Crippen molar-refractivity contribution >= 4 is 11.9 Å². The molecule has 0 aliphatic carbocycles. The van der Waals surface area contributed by atoms with E-state index in [2.05, 4.69) is 10.3 Å². The van der Waals surface area contributed by atoms with Gasteiger partial charge >= 0.3 is 5.97 Å². The van der Waals surface area contributed by atoms with Crippen LogP contribution in [0.4, 0.5) is 4.39 Å². The van der Waals surface area contributed by atoms with Gasteiger partial charge in [-0.2, -0.15) is 0 Å². The van der Waals surface area contributed by atoms with E-state index in [9.17, 15) is 14.0 Å². The van der Waals surface area contributed by atoms with E-state index in [1.807, 2.05) is 0 Å². The summed E-state index contributed by atoms with van der Waals surface area (Å²) in [6.07, 6.45) is 2.53. The molecule has 1 unspecified atom stereocenters. The zero-order valence-corrected chi connectivity index (χ0v) is 9.31. The molecule has 17 heavy (non-hydrogen) atoms. The number of hydrogen-bond donors (Lipinski definition) is 2. The van der Waals surface area contributed by atoms with E-state index < -0.39 is 17.7 Å². The number of carboxylic acid groups (broad SMARTS) is 1. The van der Waals surface area contributed by atoms with Gasteiger partial charge in [-0.15, -0.1) is 0 Å². The molecule has 0 saturated heterocycles. The van der Waals surface area contributed by atoms with E-state index in [4.69, 9.17) is 5.11 Å². The van der Waals surface area contributed by atoms with E-state index in [1.54, 1.807) is 6.92 Å². The summed E-state index contributed by atoms with van der Waals surface area (Å²) in [7, 11) is 0. The van der Waals surface area contributed by atoms with Gasteiger partial charge in [0, 0.05) is 18.7 Å². The Morgan fingerprint density at radius 3 is 2.88 bits per heavy atom. The van der Waals surface area contributed by atoms with Crippen LogP contribution < -0.4 is 5.32 Å². The SMILES string of the molecule is CC(CCC(=O)O)NC(=O)c1ccncc1F. The fraction of sp³-hybridized carbons (Fsp3) is 0.364.